The second-order valence-electron chi connectivity index (χ2n) is 1.53. The van der Waals surface area contributed by atoms with Gasteiger partial charge in [-0.2, -0.15) is 0 Å². The molecule has 0 aromatic rings. The summed E-state index contributed by atoms with van der Waals surface area (Å²) >= 11 is 3.26. The molecule has 0 aromatic heterocycles. The molecule has 0 heterocycles. The maximum Gasteiger partial charge on any atom is 0.0719 e. The minimum atomic E-state index is 0.0625. The van der Waals surface area contributed by atoms with Gasteiger partial charge in [0.15, 0.2) is 0 Å². The molecule has 1 fully saturated rings. The first-order valence-electron chi connectivity index (χ1n) is 1.68. The van der Waals surface area contributed by atoms with Gasteiger partial charge in [0.1, 0.15) is 0 Å². The zero-order valence-corrected chi connectivity index (χ0v) is 4.46. The Kier molecular flexibility index (Phi) is 0.535. The van der Waals surface area contributed by atoms with E-state index in [4.69, 9.17) is 5.73 Å². The van der Waals surface area contributed by atoms with Gasteiger partial charge in [0.2, 0.25) is 0 Å². The Morgan fingerprint density at radius 1 is 1.60 bits per heavy atom. The molecule has 0 aliphatic heterocycles. The third kappa shape index (κ3) is 0.893. The first-order valence-corrected chi connectivity index (χ1v) is 2.48. The highest BCUT2D eigenvalue weighted by Crippen LogP contribution is 2.37. The minimum Gasteiger partial charge on any atom is -0.316 e. The maximum atomic E-state index is 5.38. The van der Waals surface area contributed by atoms with Gasteiger partial charge in [-0.05, 0) is 12.8 Å². The molecule has 30 valence electrons. The number of hydrogen-bond acceptors (Lipinski definition) is 1. The zero-order chi connectivity index (χ0) is 3.91. The maximum absolute atomic E-state index is 5.38. The van der Waals surface area contributed by atoms with Crippen molar-refractivity contribution in [3.63, 3.8) is 0 Å². The number of alkyl halides is 1. The molecular weight excluding hydrogens is 130 g/mol. The zero-order valence-electron chi connectivity index (χ0n) is 2.87. The van der Waals surface area contributed by atoms with Crippen LogP contribution in [0.3, 0.4) is 0 Å². The fourth-order valence-electron chi connectivity index (χ4n) is 0.119. The number of hydrogen-bond donors (Lipinski definition) is 1. The van der Waals surface area contributed by atoms with Crippen LogP contribution in [0.15, 0.2) is 0 Å². The van der Waals surface area contributed by atoms with E-state index in [0.29, 0.717) is 0 Å². The second kappa shape index (κ2) is 0.738. The molecule has 0 amide bonds. The lowest BCUT2D eigenvalue weighted by Crippen LogP contribution is -2.09. The van der Waals surface area contributed by atoms with Crippen LogP contribution < -0.4 is 5.73 Å². The van der Waals surface area contributed by atoms with Gasteiger partial charge in [-0.25, -0.2) is 0 Å². The molecule has 2 heteroatoms. The molecule has 0 radical (unpaired) electrons. The second-order valence-corrected chi connectivity index (χ2v) is 3.11. The van der Waals surface area contributed by atoms with Gasteiger partial charge in [0.25, 0.3) is 0 Å². The summed E-state index contributed by atoms with van der Waals surface area (Å²) in [6.45, 7) is 0. The van der Waals surface area contributed by atoms with E-state index in [1.54, 1.807) is 0 Å². The molecule has 0 aromatic carbocycles. The molecule has 1 rings (SSSR count). The van der Waals surface area contributed by atoms with Crippen LogP contribution in [-0.4, -0.2) is 4.45 Å². The molecule has 0 spiro atoms. The topological polar surface area (TPSA) is 26.0 Å². The summed E-state index contributed by atoms with van der Waals surface area (Å²) in [5, 5.41) is 0. The largest absolute Gasteiger partial charge is 0.316 e. The van der Waals surface area contributed by atoms with Gasteiger partial charge in [0, 0.05) is 0 Å². The van der Waals surface area contributed by atoms with Crippen molar-refractivity contribution in [1.29, 1.82) is 0 Å². The van der Waals surface area contributed by atoms with E-state index in [0.717, 1.165) is 12.8 Å². The molecular formula is C3H6BrN. The van der Waals surface area contributed by atoms with Gasteiger partial charge < -0.3 is 5.73 Å². The number of halogens is 1. The molecule has 0 bridgehead atoms. The number of nitrogens with two attached hydrogens (primary N) is 1. The Morgan fingerprint density at radius 2 is 1.80 bits per heavy atom. The van der Waals surface area contributed by atoms with Crippen LogP contribution in [0.5, 0.6) is 0 Å². The fourth-order valence-corrected chi connectivity index (χ4v) is 0.318. The highest BCUT2D eigenvalue weighted by atomic mass is 79.9. The van der Waals surface area contributed by atoms with E-state index in [-0.39, 0.29) is 4.45 Å². The normalized spacial score (nSPS) is 30.0. The first-order chi connectivity index (χ1) is 2.21. The predicted octanol–water partition coefficient (Wildman–Crippen LogP) is 0.830. The summed E-state index contributed by atoms with van der Waals surface area (Å²) in [7, 11) is 0. The van der Waals surface area contributed by atoms with Crippen molar-refractivity contribution < 1.29 is 0 Å². The third-order valence-corrected chi connectivity index (χ3v) is 1.52. The van der Waals surface area contributed by atoms with E-state index in [9.17, 15) is 0 Å². The van der Waals surface area contributed by atoms with Crippen molar-refractivity contribution in [2.45, 2.75) is 17.3 Å². The summed E-state index contributed by atoms with van der Waals surface area (Å²) in [6, 6.07) is 0. The highest BCUT2D eigenvalue weighted by molar-refractivity contribution is 9.10. The van der Waals surface area contributed by atoms with Crippen LogP contribution in [-0.2, 0) is 0 Å². The molecule has 0 unspecified atom stereocenters. The standard InChI is InChI=1S/C3H6BrN/c4-3(5)1-2-3/h1-2,5H2. The lowest BCUT2D eigenvalue weighted by Gasteiger charge is -1.85. The molecule has 2 N–H and O–H groups in total. The first kappa shape index (κ1) is 3.62. The summed E-state index contributed by atoms with van der Waals surface area (Å²) in [5.41, 5.74) is 5.38. The summed E-state index contributed by atoms with van der Waals surface area (Å²) in [5.74, 6) is 0. The van der Waals surface area contributed by atoms with Crippen molar-refractivity contribution >= 4 is 15.9 Å². The quantitative estimate of drug-likeness (QED) is 0.387. The van der Waals surface area contributed by atoms with Gasteiger partial charge in [-0.1, -0.05) is 15.9 Å². The third-order valence-electron chi connectivity index (χ3n) is 0.728. The average molecular weight is 136 g/mol. The van der Waals surface area contributed by atoms with Crippen LogP contribution in [0.1, 0.15) is 12.8 Å². The van der Waals surface area contributed by atoms with Crippen molar-refractivity contribution in [3.8, 4) is 0 Å². The van der Waals surface area contributed by atoms with E-state index in [2.05, 4.69) is 15.9 Å². The van der Waals surface area contributed by atoms with E-state index < -0.39 is 0 Å². The van der Waals surface area contributed by atoms with Gasteiger partial charge >= 0.3 is 0 Å². The Hall–Kier alpha value is 0.440. The number of rotatable bonds is 0. The van der Waals surface area contributed by atoms with E-state index >= 15 is 0 Å². The van der Waals surface area contributed by atoms with Crippen molar-refractivity contribution in [2.75, 3.05) is 0 Å². The van der Waals surface area contributed by atoms with Crippen LogP contribution >= 0.6 is 15.9 Å². The van der Waals surface area contributed by atoms with Gasteiger partial charge in [-0.3, -0.25) is 0 Å². The molecule has 0 atom stereocenters. The van der Waals surface area contributed by atoms with Crippen LogP contribution in [0.25, 0.3) is 0 Å². The van der Waals surface area contributed by atoms with E-state index in [1.807, 2.05) is 0 Å². The van der Waals surface area contributed by atoms with Crippen molar-refractivity contribution in [3.05, 3.63) is 0 Å². The Bertz CT molecular complexity index is 44.9. The van der Waals surface area contributed by atoms with Crippen LogP contribution in [0, 0.1) is 0 Å². The monoisotopic (exact) mass is 135 g/mol. The van der Waals surface area contributed by atoms with Crippen molar-refractivity contribution in [1.82, 2.24) is 0 Å². The minimum absolute atomic E-state index is 0.0625. The average Bonchev–Trinajstić information content (AvgIpc) is 1.76. The molecule has 1 aliphatic carbocycles. The van der Waals surface area contributed by atoms with Gasteiger partial charge in [0.05, 0.1) is 4.45 Å². The lowest BCUT2D eigenvalue weighted by atomic mass is 10.8. The summed E-state index contributed by atoms with van der Waals surface area (Å²) in [6.07, 6.45) is 2.29. The van der Waals surface area contributed by atoms with E-state index in [1.165, 1.54) is 0 Å². The Balaban J connectivity index is 2.38. The molecule has 1 aliphatic rings. The summed E-state index contributed by atoms with van der Waals surface area (Å²) < 4.78 is 0.0625. The fraction of sp³-hybridized carbons (Fsp3) is 1.00. The Morgan fingerprint density at radius 3 is 1.80 bits per heavy atom. The van der Waals surface area contributed by atoms with Crippen molar-refractivity contribution in [2.24, 2.45) is 5.73 Å². The molecule has 1 nitrogen and oxygen atoms in total. The smallest absolute Gasteiger partial charge is 0.0719 e. The molecule has 5 heavy (non-hydrogen) atoms. The van der Waals surface area contributed by atoms with Gasteiger partial charge in [-0.15, -0.1) is 0 Å². The predicted molar refractivity (Wildman–Crippen MR) is 25.1 cm³/mol. The highest BCUT2D eigenvalue weighted by Gasteiger charge is 2.34. The SMILES string of the molecule is NC1(Br)CC1. The lowest BCUT2D eigenvalue weighted by molar-refractivity contribution is 1.01. The Labute approximate surface area is 39.7 Å². The molecule has 0 saturated heterocycles. The van der Waals surface area contributed by atoms with Crippen LogP contribution in [0.4, 0.5) is 0 Å². The van der Waals surface area contributed by atoms with Crippen LogP contribution in [0.2, 0.25) is 0 Å². The molecule has 1 saturated carbocycles. The summed E-state index contributed by atoms with van der Waals surface area (Å²) in [4.78, 5) is 0.